The average molecular weight is 1340 g/mol. The molecule has 1 aliphatic heterocycles. The predicted octanol–water partition coefficient (Wildman–Crippen LogP) is 17.9. The van der Waals surface area contributed by atoms with Crippen LogP contribution in [-0.2, 0) is 9.31 Å². The molecule has 16 heteroatoms. The second kappa shape index (κ2) is 24.9. The van der Waals surface area contributed by atoms with E-state index in [9.17, 15) is 0 Å². The summed E-state index contributed by atoms with van der Waals surface area (Å²) in [6.07, 6.45) is 7.31. The van der Waals surface area contributed by atoms with E-state index in [2.05, 4.69) is 151 Å². The van der Waals surface area contributed by atoms with Crippen molar-refractivity contribution in [3.8, 4) is 79.5 Å². The zero-order valence-corrected chi connectivity index (χ0v) is 52.9. The summed E-state index contributed by atoms with van der Waals surface area (Å²) in [5, 5.41) is 4.30. The Morgan fingerprint density at radius 2 is 0.545 bits per heavy atom. The zero-order chi connectivity index (χ0) is 60.4. The van der Waals surface area contributed by atoms with E-state index >= 15 is 0 Å². The minimum atomic E-state index is -0.401. The summed E-state index contributed by atoms with van der Waals surface area (Å²) in [6, 6.07) is 72.9. The molecule has 6 aromatic heterocycles. The smallest absolute Gasteiger partial charge is 0.399 e. The van der Waals surface area contributed by atoms with Gasteiger partial charge in [-0.15, -0.1) is 0 Å². The van der Waals surface area contributed by atoms with Crippen molar-refractivity contribution in [3.05, 3.63) is 257 Å². The Balaban J connectivity index is 0.000000132. The number of hydrogen-bond donors (Lipinski definition) is 0. The number of halogens is 3. The molecule has 0 unspecified atom stereocenters. The van der Waals surface area contributed by atoms with Crippen molar-refractivity contribution in [3.63, 3.8) is 0 Å². The Bertz CT molecular complexity index is 4650. The summed E-state index contributed by atoms with van der Waals surface area (Å²) in [6.45, 7) is 8.23. The SMILES string of the molecule is Brc1cnc2c(ccc3cc(-c4ccc(-c5nc(-c6ccccc6)nc(-c6ccccc6)n5)cc4)cnc32)c1.Brc1cnc2c(ccc3cc(Br)cnc32)c1.CC1(C)OB(c2ccc(-c3nc(-c4ccccc4)nc(-c4ccccc4)n3)cc2)OC1(C)C. The molecule has 1 aliphatic rings. The van der Waals surface area contributed by atoms with E-state index in [1.54, 1.807) is 12.4 Å². The quantitative estimate of drug-likeness (QED) is 0.105. The predicted molar refractivity (Wildman–Crippen MR) is 364 cm³/mol. The van der Waals surface area contributed by atoms with Crippen molar-refractivity contribution in [2.24, 2.45) is 0 Å². The number of pyridine rings is 4. The highest BCUT2D eigenvalue weighted by atomic mass is 79.9. The highest BCUT2D eigenvalue weighted by Crippen LogP contribution is 2.37. The van der Waals surface area contributed by atoms with Crippen LogP contribution in [-0.4, -0.2) is 68.2 Å². The number of benzene rings is 8. The van der Waals surface area contributed by atoms with Gasteiger partial charge in [-0.3, -0.25) is 19.9 Å². The maximum atomic E-state index is 6.19. The van der Waals surface area contributed by atoms with Gasteiger partial charge in [-0.1, -0.05) is 194 Å². The number of fused-ring (bicyclic) bond motifs is 6. The molecular weight excluding hydrogens is 1290 g/mol. The third-order valence-electron chi connectivity index (χ3n) is 15.5. The summed E-state index contributed by atoms with van der Waals surface area (Å²) >= 11 is 10.3. The Morgan fingerprint density at radius 3 is 0.864 bits per heavy atom. The van der Waals surface area contributed by atoms with Gasteiger partial charge in [0.05, 0.1) is 33.3 Å². The average Bonchev–Trinajstić information content (AvgIpc) is 1.81. The fourth-order valence-corrected chi connectivity index (χ4v) is 11.2. The molecule has 0 bridgehead atoms. The molecule has 0 spiro atoms. The van der Waals surface area contributed by atoms with Crippen molar-refractivity contribution >= 4 is 104 Å². The van der Waals surface area contributed by atoms with Crippen LogP contribution >= 0.6 is 47.8 Å². The third kappa shape index (κ3) is 12.5. The van der Waals surface area contributed by atoms with Gasteiger partial charge in [0.25, 0.3) is 0 Å². The van der Waals surface area contributed by atoms with E-state index in [0.717, 1.165) is 107 Å². The molecule has 1 saturated heterocycles. The number of aromatic nitrogens is 10. The van der Waals surface area contributed by atoms with E-state index < -0.39 is 7.12 Å². The molecule has 12 nitrogen and oxygen atoms in total. The van der Waals surface area contributed by atoms with Crippen LogP contribution < -0.4 is 5.46 Å². The first kappa shape index (κ1) is 57.9. The third-order valence-corrected chi connectivity index (χ3v) is 16.8. The van der Waals surface area contributed by atoms with Crippen molar-refractivity contribution in [1.82, 2.24) is 49.8 Å². The molecular formula is C72H52BBr3N10O2. The first-order valence-corrected chi connectivity index (χ1v) is 30.8. The van der Waals surface area contributed by atoms with Gasteiger partial charge in [-0.2, -0.15) is 0 Å². The van der Waals surface area contributed by atoms with Crippen LogP contribution in [0.2, 0.25) is 0 Å². The Kier molecular flexibility index (Phi) is 16.4. The van der Waals surface area contributed by atoms with Crippen molar-refractivity contribution in [2.45, 2.75) is 38.9 Å². The Hall–Kier alpha value is -9.16. The first-order chi connectivity index (χ1) is 42.8. The van der Waals surface area contributed by atoms with E-state index in [-0.39, 0.29) is 11.2 Å². The van der Waals surface area contributed by atoms with Gasteiger partial charge in [0.2, 0.25) is 0 Å². The zero-order valence-electron chi connectivity index (χ0n) is 48.1. The van der Waals surface area contributed by atoms with Gasteiger partial charge in [0.15, 0.2) is 34.9 Å². The van der Waals surface area contributed by atoms with Gasteiger partial charge >= 0.3 is 7.12 Å². The molecule has 426 valence electrons. The van der Waals surface area contributed by atoms with Crippen LogP contribution in [0.15, 0.2) is 257 Å². The molecule has 0 atom stereocenters. The number of nitrogens with zero attached hydrogens (tertiary/aromatic N) is 10. The maximum absolute atomic E-state index is 6.19. The lowest BCUT2D eigenvalue weighted by atomic mass is 9.79. The van der Waals surface area contributed by atoms with Crippen LogP contribution in [0.4, 0.5) is 0 Å². The van der Waals surface area contributed by atoms with E-state index in [0.29, 0.717) is 34.9 Å². The molecule has 0 aliphatic carbocycles. The van der Waals surface area contributed by atoms with E-state index in [4.69, 9.17) is 44.2 Å². The Morgan fingerprint density at radius 1 is 0.284 bits per heavy atom. The van der Waals surface area contributed by atoms with Crippen LogP contribution in [0, 0.1) is 0 Å². The molecule has 0 N–H and O–H groups in total. The van der Waals surface area contributed by atoms with E-state index in [1.165, 1.54) is 0 Å². The molecule has 14 aromatic rings. The molecule has 1 fully saturated rings. The molecule has 88 heavy (non-hydrogen) atoms. The standard InChI is InChI=1S/C33H20BrN5.C27H26BN3O2.C12H6Br2N2/c34-28-18-26-16-15-25-17-27(19-35-29(25)30(26)36-20-28)21-11-13-24(14-12-21)33-38-31(22-7-3-1-4-8-22)37-32(39-33)23-9-5-2-6-10-23;1-26(2)27(3,4)33-28(32-26)22-17-15-21(16-18-22)25-30-23(19-11-7-5-8-12-19)29-24(31-25)20-13-9-6-10-14-20;13-9-3-7-1-2-8-4-10(14)6-16-12(8)11(7)15-5-9/h1-20H;5-18H,1-4H3;1-6H. The summed E-state index contributed by atoms with van der Waals surface area (Å²) in [5.74, 6) is 3.85. The lowest BCUT2D eigenvalue weighted by molar-refractivity contribution is 0.00578. The van der Waals surface area contributed by atoms with Crippen LogP contribution in [0.3, 0.4) is 0 Å². The summed E-state index contributed by atoms with van der Waals surface area (Å²) in [4.78, 5) is 47.0. The first-order valence-electron chi connectivity index (χ1n) is 28.4. The molecule has 7 heterocycles. The number of rotatable bonds is 8. The molecule has 0 radical (unpaired) electrons. The minimum Gasteiger partial charge on any atom is -0.399 e. The lowest BCUT2D eigenvalue weighted by Crippen LogP contribution is -2.41. The van der Waals surface area contributed by atoms with Gasteiger partial charge in [0.1, 0.15) is 0 Å². The summed E-state index contributed by atoms with van der Waals surface area (Å²) in [5.41, 5.74) is 11.6. The topological polar surface area (TPSA) is 147 Å². The summed E-state index contributed by atoms with van der Waals surface area (Å²) < 4.78 is 15.3. The van der Waals surface area contributed by atoms with Crippen LogP contribution in [0.25, 0.3) is 123 Å². The van der Waals surface area contributed by atoms with Crippen molar-refractivity contribution in [1.29, 1.82) is 0 Å². The number of hydrogen-bond acceptors (Lipinski definition) is 12. The fraction of sp³-hybridized carbons (Fsp3) is 0.0833. The highest BCUT2D eigenvalue weighted by Gasteiger charge is 2.51. The monoisotopic (exact) mass is 1340 g/mol. The van der Waals surface area contributed by atoms with E-state index in [1.807, 2.05) is 170 Å². The molecule has 8 aromatic carbocycles. The maximum Gasteiger partial charge on any atom is 0.494 e. The highest BCUT2D eigenvalue weighted by molar-refractivity contribution is 9.11. The van der Waals surface area contributed by atoms with Crippen molar-refractivity contribution in [2.75, 3.05) is 0 Å². The molecule has 15 rings (SSSR count). The van der Waals surface area contributed by atoms with Crippen LogP contribution in [0.1, 0.15) is 27.7 Å². The Labute approximate surface area is 534 Å². The van der Waals surface area contributed by atoms with Crippen LogP contribution in [0.5, 0.6) is 0 Å². The van der Waals surface area contributed by atoms with Gasteiger partial charge in [-0.05, 0) is 111 Å². The van der Waals surface area contributed by atoms with Gasteiger partial charge < -0.3 is 9.31 Å². The minimum absolute atomic E-state index is 0.375. The van der Waals surface area contributed by atoms with Crippen molar-refractivity contribution < 1.29 is 9.31 Å². The summed E-state index contributed by atoms with van der Waals surface area (Å²) in [7, 11) is -0.401. The van der Waals surface area contributed by atoms with Gasteiger partial charge in [0, 0.05) is 98.7 Å². The largest absolute Gasteiger partial charge is 0.494 e. The fourth-order valence-electron chi connectivity index (χ4n) is 10.1. The second-order valence-corrected chi connectivity index (χ2v) is 24.7. The molecule has 0 saturated carbocycles. The lowest BCUT2D eigenvalue weighted by Gasteiger charge is -2.32. The molecule has 0 amide bonds. The van der Waals surface area contributed by atoms with Gasteiger partial charge in [-0.25, -0.2) is 29.9 Å². The normalized spacial score (nSPS) is 13.2. The second-order valence-electron chi connectivity index (χ2n) is 22.0.